The van der Waals surface area contributed by atoms with Gasteiger partial charge in [-0.3, -0.25) is 9.59 Å². The van der Waals surface area contributed by atoms with E-state index >= 15 is 0 Å². The molecule has 2 rings (SSSR count). The van der Waals surface area contributed by atoms with Crippen LogP contribution in [0, 0.1) is 17.2 Å². The first-order valence-corrected chi connectivity index (χ1v) is 11.8. The van der Waals surface area contributed by atoms with Crippen molar-refractivity contribution in [1.29, 1.82) is 5.26 Å². The summed E-state index contributed by atoms with van der Waals surface area (Å²) in [5.74, 6) is -6.48. The van der Waals surface area contributed by atoms with Gasteiger partial charge in [0.05, 0.1) is 33.1 Å². The molecular formula is C25H17Cl3F7NO2. The molecule has 0 radical (unpaired) electrons. The second kappa shape index (κ2) is 12.5. The zero-order chi connectivity index (χ0) is 29.0. The second-order valence-electron chi connectivity index (χ2n) is 8.40. The van der Waals surface area contributed by atoms with E-state index in [0.29, 0.717) is 6.07 Å². The molecule has 0 spiro atoms. The summed E-state index contributed by atoms with van der Waals surface area (Å²) in [6.07, 6.45) is -11.3. The molecule has 0 aliphatic heterocycles. The lowest BCUT2D eigenvalue weighted by molar-refractivity contribution is -0.140. The number of carbonyl (C=O) groups excluding carboxylic acids is 2. The standard InChI is InChI=1S/C25H17Cl3F7NO2/c1-12(6-15(37)4-5-36)7-22(38)16-3-2-13(8-18(16)25(33,34)35)21(29)11-17(24(30,31)32)14-9-19(26)23(28)20(27)10-14/h2-3,8-12,17H,4,6-7H2,1H3/b21-11-/t12-,17?/m1/s1. The normalized spacial score (nSPS) is 14.1. The van der Waals surface area contributed by atoms with Gasteiger partial charge in [-0.25, -0.2) is 4.39 Å². The van der Waals surface area contributed by atoms with Gasteiger partial charge >= 0.3 is 12.4 Å². The molecule has 0 saturated heterocycles. The number of hydrogen-bond acceptors (Lipinski definition) is 3. The Labute approximate surface area is 227 Å². The van der Waals surface area contributed by atoms with E-state index < -0.39 is 76.7 Å². The van der Waals surface area contributed by atoms with Gasteiger partial charge in [-0.15, -0.1) is 0 Å². The zero-order valence-corrected chi connectivity index (χ0v) is 21.6. The summed E-state index contributed by atoms with van der Waals surface area (Å²) >= 11 is 17.3. The molecule has 38 heavy (non-hydrogen) atoms. The van der Waals surface area contributed by atoms with Crippen LogP contribution in [0.1, 0.15) is 59.2 Å². The van der Waals surface area contributed by atoms with Gasteiger partial charge in [0.25, 0.3) is 0 Å². The van der Waals surface area contributed by atoms with Gasteiger partial charge in [0.15, 0.2) is 5.78 Å². The minimum Gasteiger partial charge on any atom is -0.299 e. The van der Waals surface area contributed by atoms with Crippen LogP contribution in [0.4, 0.5) is 30.7 Å². The molecule has 0 fully saturated rings. The Hall–Kier alpha value is -2.61. The number of nitrogens with zero attached hydrogens (tertiary/aromatic N) is 1. The molecule has 0 N–H and O–H groups in total. The summed E-state index contributed by atoms with van der Waals surface area (Å²) in [5.41, 5.74) is -3.85. The van der Waals surface area contributed by atoms with Crippen molar-refractivity contribution >= 4 is 52.2 Å². The van der Waals surface area contributed by atoms with Crippen molar-refractivity contribution in [3.8, 4) is 6.07 Å². The predicted molar refractivity (Wildman–Crippen MR) is 129 cm³/mol. The lowest BCUT2D eigenvalue weighted by Crippen LogP contribution is -2.19. The van der Waals surface area contributed by atoms with Gasteiger partial charge in [0.1, 0.15) is 17.5 Å². The number of carbonyl (C=O) groups is 2. The third-order valence-corrected chi connectivity index (χ3v) is 6.52. The number of rotatable bonds is 9. The highest BCUT2D eigenvalue weighted by molar-refractivity contribution is 6.48. The summed E-state index contributed by atoms with van der Waals surface area (Å²) in [4.78, 5) is 24.1. The largest absolute Gasteiger partial charge is 0.417 e. The highest BCUT2D eigenvalue weighted by atomic mass is 35.5. The Morgan fingerprint density at radius 3 is 2.08 bits per heavy atom. The summed E-state index contributed by atoms with van der Waals surface area (Å²) in [6, 6.07) is 4.89. The average molecular weight is 603 g/mol. The molecular weight excluding hydrogens is 586 g/mol. The molecule has 0 amide bonds. The van der Waals surface area contributed by atoms with Gasteiger partial charge in [0, 0.05) is 24.0 Å². The van der Waals surface area contributed by atoms with Gasteiger partial charge < -0.3 is 0 Å². The number of Topliss-reactive ketones (excluding diaryl/α,β-unsaturated/α-hetero) is 2. The van der Waals surface area contributed by atoms with Crippen LogP contribution in [-0.4, -0.2) is 17.7 Å². The minimum atomic E-state index is -5.15. The quantitative estimate of drug-likeness (QED) is 0.163. The molecule has 13 heteroatoms. The number of hydrogen-bond donors (Lipinski definition) is 0. The van der Waals surface area contributed by atoms with Crippen molar-refractivity contribution < 1.29 is 40.3 Å². The van der Waals surface area contributed by atoms with Crippen molar-refractivity contribution in [2.75, 3.05) is 0 Å². The number of ketones is 2. The number of alkyl halides is 6. The second-order valence-corrected chi connectivity index (χ2v) is 9.59. The van der Waals surface area contributed by atoms with Crippen LogP contribution < -0.4 is 0 Å². The molecule has 0 aliphatic carbocycles. The number of nitriles is 1. The van der Waals surface area contributed by atoms with E-state index in [1.807, 2.05) is 0 Å². The molecule has 2 aromatic carbocycles. The van der Waals surface area contributed by atoms with Crippen LogP contribution in [-0.2, 0) is 11.0 Å². The highest BCUT2D eigenvalue weighted by Gasteiger charge is 2.41. The third-order valence-electron chi connectivity index (χ3n) is 5.32. The van der Waals surface area contributed by atoms with Crippen LogP contribution in [0.15, 0.2) is 36.4 Å². The molecule has 2 aromatic rings. The van der Waals surface area contributed by atoms with Gasteiger partial charge in [0.2, 0.25) is 0 Å². The molecule has 0 aliphatic rings. The lowest BCUT2D eigenvalue weighted by atomic mass is 9.91. The van der Waals surface area contributed by atoms with Crippen LogP contribution >= 0.6 is 34.8 Å². The Balaban J connectivity index is 2.49. The topological polar surface area (TPSA) is 57.9 Å². The van der Waals surface area contributed by atoms with E-state index in [4.69, 9.17) is 40.1 Å². The maximum Gasteiger partial charge on any atom is 0.417 e. The fourth-order valence-corrected chi connectivity index (χ4v) is 4.21. The van der Waals surface area contributed by atoms with Crippen molar-refractivity contribution in [2.24, 2.45) is 5.92 Å². The monoisotopic (exact) mass is 601 g/mol. The van der Waals surface area contributed by atoms with Crippen LogP contribution in [0.3, 0.4) is 0 Å². The SMILES string of the molecule is C[C@H](CC(=O)CC#N)CC(=O)c1ccc(/C(F)=C/C(c2cc(Cl)c(Cl)c(Cl)c2)C(F)(F)F)cc1C(F)(F)F. The van der Waals surface area contributed by atoms with E-state index in [1.54, 1.807) is 6.07 Å². The average Bonchev–Trinajstić information content (AvgIpc) is 2.78. The summed E-state index contributed by atoms with van der Waals surface area (Å²) in [6.45, 7) is 1.43. The van der Waals surface area contributed by atoms with Crippen molar-refractivity contribution in [1.82, 2.24) is 0 Å². The first kappa shape index (κ1) is 31.6. The molecule has 204 valence electrons. The van der Waals surface area contributed by atoms with Crippen LogP contribution in [0.2, 0.25) is 15.1 Å². The predicted octanol–water partition coefficient (Wildman–Crippen LogP) is 9.40. The Kier molecular flexibility index (Phi) is 10.4. The number of halogens is 10. The van der Waals surface area contributed by atoms with Crippen molar-refractivity contribution in [3.05, 3.63) is 73.7 Å². The molecule has 1 unspecified atom stereocenters. The molecule has 0 aromatic heterocycles. The van der Waals surface area contributed by atoms with E-state index in [-0.39, 0.29) is 33.6 Å². The van der Waals surface area contributed by atoms with E-state index in [9.17, 15) is 40.3 Å². The maximum absolute atomic E-state index is 15.0. The van der Waals surface area contributed by atoms with Crippen molar-refractivity contribution in [3.63, 3.8) is 0 Å². The fraction of sp³-hybridized carbons (Fsp3) is 0.320. The number of benzene rings is 2. The third kappa shape index (κ3) is 8.19. The smallest absolute Gasteiger partial charge is 0.299 e. The van der Waals surface area contributed by atoms with E-state index in [0.717, 1.165) is 18.2 Å². The van der Waals surface area contributed by atoms with E-state index in [2.05, 4.69) is 0 Å². The van der Waals surface area contributed by atoms with Gasteiger partial charge in [-0.1, -0.05) is 53.9 Å². The zero-order valence-electron chi connectivity index (χ0n) is 19.3. The van der Waals surface area contributed by atoms with Crippen LogP contribution in [0.25, 0.3) is 5.83 Å². The summed E-state index contributed by atoms with van der Waals surface area (Å²) < 4.78 is 97.4. The van der Waals surface area contributed by atoms with Gasteiger partial charge in [-0.05, 0) is 35.8 Å². The Morgan fingerprint density at radius 1 is 1.00 bits per heavy atom. The number of allylic oxidation sites excluding steroid dienone is 1. The highest BCUT2D eigenvalue weighted by Crippen LogP contribution is 2.43. The Morgan fingerprint density at radius 2 is 1.58 bits per heavy atom. The van der Waals surface area contributed by atoms with Crippen LogP contribution in [0.5, 0.6) is 0 Å². The maximum atomic E-state index is 15.0. The summed E-state index contributed by atoms with van der Waals surface area (Å²) in [7, 11) is 0. The fourth-order valence-electron chi connectivity index (χ4n) is 3.60. The first-order chi connectivity index (χ1) is 17.4. The molecule has 0 saturated carbocycles. The lowest BCUT2D eigenvalue weighted by Gasteiger charge is -2.19. The molecule has 0 heterocycles. The minimum absolute atomic E-state index is 0.0652. The van der Waals surface area contributed by atoms with Gasteiger partial charge in [-0.2, -0.15) is 31.6 Å². The first-order valence-electron chi connectivity index (χ1n) is 10.7. The Bertz CT molecular complexity index is 1270. The molecule has 0 bridgehead atoms. The molecule has 2 atom stereocenters. The molecule has 3 nitrogen and oxygen atoms in total. The van der Waals surface area contributed by atoms with E-state index in [1.165, 1.54) is 6.92 Å². The van der Waals surface area contributed by atoms with Crippen molar-refractivity contribution in [2.45, 2.75) is 44.5 Å². The summed E-state index contributed by atoms with van der Waals surface area (Å²) in [5, 5.41) is 7.60.